The summed E-state index contributed by atoms with van der Waals surface area (Å²) in [5.74, 6) is 0. The maximum absolute atomic E-state index is 5.77. The van der Waals surface area contributed by atoms with Crippen LogP contribution in [0.4, 0.5) is 0 Å². The molecule has 19 heavy (non-hydrogen) atoms. The van der Waals surface area contributed by atoms with Gasteiger partial charge in [-0.25, -0.2) is 0 Å². The summed E-state index contributed by atoms with van der Waals surface area (Å²) >= 11 is 1.80. The maximum atomic E-state index is 5.77. The lowest BCUT2D eigenvalue weighted by Crippen LogP contribution is -2.42. The van der Waals surface area contributed by atoms with Crippen LogP contribution in [0.25, 0.3) is 0 Å². The predicted octanol–water partition coefficient (Wildman–Crippen LogP) is 2.65. The summed E-state index contributed by atoms with van der Waals surface area (Å²) in [6.45, 7) is 4.65. The molecule has 1 fully saturated rings. The summed E-state index contributed by atoms with van der Waals surface area (Å²) in [4.78, 5) is 3.81. The van der Waals surface area contributed by atoms with Crippen LogP contribution in [-0.4, -0.2) is 50.7 Å². The number of hydrogen-bond donors (Lipinski definition) is 0. The van der Waals surface area contributed by atoms with Crippen LogP contribution in [0.3, 0.4) is 0 Å². The van der Waals surface area contributed by atoms with Crippen molar-refractivity contribution in [1.29, 1.82) is 0 Å². The largest absolute Gasteiger partial charge is 0.385 e. The summed E-state index contributed by atoms with van der Waals surface area (Å²) in [5.41, 5.74) is 1.39. The normalized spacial score (nSPS) is 20.6. The molecule has 1 aliphatic heterocycles. The first-order valence-electron chi connectivity index (χ1n) is 6.77. The number of nitrogens with zero attached hydrogens (tertiary/aromatic N) is 1. The number of hydrogen-bond acceptors (Lipinski definition) is 4. The minimum Gasteiger partial charge on any atom is -0.385 e. The van der Waals surface area contributed by atoms with Crippen molar-refractivity contribution in [3.63, 3.8) is 0 Å². The molecule has 1 aromatic carbocycles. The molecule has 0 spiro atoms. The molecule has 0 saturated carbocycles. The Kier molecular flexibility index (Phi) is 6.17. The molecule has 0 unspecified atom stereocenters. The van der Waals surface area contributed by atoms with Crippen molar-refractivity contribution < 1.29 is 9.47 Å². The molecule has 1 saturated heterocycles. The summed E-state index contributed by atoms with van der Waals surface area (Å²) in [5, 5.41) is 0. The third kappa shape index (κ3) is 4.80. The fraction of sp³-hybridized carbons (Fsp3) is 0.600. The monoisotopic (exact) mass is 281 g/mol. The van der Waals surface area contributed by atoms with Gasteiger partial charge in [-0.15, -0.1) is 11.8 Å². The molecule has 1 aromatic rings. The fourth-order valence-corrected chi connectivity index (χ4v) is 2.86. The molecule has 0 bridgehead atoms. The highest BCUT2D eigenvalue weighted by atomic mass is 32.2. The lowest BCUT2D eigenvalue weighted by Gasteiger charge is -2.33. The van der Waals surface area contributed by atoms with Crippen LogP contribution in [0.2, 0.25) is 0 Å². The Morgan fingerprint density at radius 1 is 1.47 bits per heavy atom. The van der Waals surface area contributed by atoms with E-state index in [0.717, 1.165) is 39.3 Å². The van der Waals surface area contributed by atoms with Crippen molar-refractivity contribution in [3.05, 3.63) is 29.8 Å². The summed E-state index contributed by atoms with van der Waals surface area (Å²) < 4.78 is 10.9. The van der Waals surface area contributed by atoms with E-state index >= 15 is 0 Å². The van der Waals surface area contributed by atoms with Crippen molar-refractivity contribution in [2.45, 2.75) is 24.0 Å². The molecule has 1 aliphatic rings. The minimum absolute atomic E-state index is 0.317. The Bertz CT molecular complexity index is 386. The van der Waals surface area contributed by atoms with Gasteiger partial charge in [0.25, 0.3) is 0 Å². The zero-order valence-corrected chi connectivity index (χ0v) is 12.6. The Labute approximate surface area is 120 Å². The molecule has 0 aromatic heterocycles. The van der Waals surface area contributed by atoms with Gasteiger partial charge in [-0.2, -0.15) is 0 Å². The Morgan fingerprint density at radius 3 is 3.16 bits per heavy atom. The lowest BCUT2D eigenvalue weighted by atomic mass is 10.1. The van der Waals surface area contributed by atoms with E-state index < -0.39 is 0 Å². The van der Waals surface area contributed by atoms with Gasteiger partial charge in [-0.1, -0.05) is 12.1 Å². The third-order valence-electron chi connectivity index (χ3n) is 3.41. The van der Waals surface area contributed by atoms with Crippen molar-refractivity contribution in [2.75, 3.05) is 39.7 Å². The molecule has 0 radical (unpaired) electrons. The van der Waals surface area contributed by atoms with E-state index in [0.29, 0.717) is 6.10 Å². The van der Waals surface area contributed by atoms with E-state index in [4.69, 9.17) is 9.47 Å². The minimum atomic E-state index is 0.317. The highest BCUT2D eigenvalue weighted by Crippen LogP contribution is 2.18. The molecule has 4 heteroatoms. The van der Waals surface area contributed by atoms with Gasteiger partial charge in [0.05, 0.1) is 12.7 Å². The van der Waals surface area contributed by atoms with Crippen LogP contribution in [0.5, 0.6) is 0 Å². The molecule has 0 N–H and O–H groups in total. The summed E-state index contributed by atoms with van der Waals surface area (Å²) in [6.07, 6.45) is 3.42. The Hall–Kier alpha value is -0.550. The first-order chi connectivity index (χ1) is 9.31. The molecule has 0 aliphatic carbocycles. The molecule has 2 rings (SSSR count). The number of thioether (sulfide) groups is 1. The summed E-state index contributed by atoms with van der Waals surface area (Å²) in [7, 11) is 1.74. The molecule has 106 valence electrons. The SMILES string of the molecule is COCC[C@H]1CN(Cc2cccc(SC)c2)CCO1. The van der Waals surface area contributed by atoms with E-state index in [1.807, 2.05) is 0 Å². The van der Waals surface area contributed by atoms with Crippen molar-refractivity contribution in [3.8, 4) is 0 Å². The van der Waals surface area contributed by atoms with Gasteiger partial charge in [0.1, 0.15) is 0 Å². The second-order valence-electron chi connectivity index (χ2n) is 4.86. The van der Waals surface area contributed by atoms with Crippen molar-refractivity contribution in [2.24, 2.45) is 0 Å². The van der Waals surface area contributed by atoms with Gasteiger partial charge < -0.3 is 9.47 Å². The number of methoxy groups -OCH3 is 1. The van der Waals surface area contributed by atoms with Gasteiger partial charge in [0.2, 0.25) is 0 Å². The third-order valence-corrected chi connectivity index (χ3v) is 4.13. The number of ether oxygens (including phenoxy) is 2. The number of rotatable bonds is 6. The predicted molar refractivity (Wildman–Crippen MR) is 79.7 cm³/mol. The van der Waals surface area contributed by atoms with Gasteiger partial charge in [-0.05, 0) is 30.4 Å². The average Bonchev–Trinajstić information content (AvgIpc) is 2.46. The molecule has 1 heterocycles. The summed E-state index contributed by atoms with van der Waals surface area (Å²) in [6, 6.07) is 8.79. The van der Waals surface area contributed by atoms with Gasteiger partial charge in [-0.3, -0.25) is 4.90 Å². The zero-order chi connectivity index (χ0) is 13.5. The zero-order valence-electron chi connectivity index (χ0n) is 11.8. The fourth-order valence-electron chi connectivity index (χ4n) is 2.38. The highest BCUT2D eigenvalue weighted by molar-refractivity contribution is 7.98. The maximum Gasteiger partial charge on any atom is 0.0724 e. The molecule has 3 nitrogen and oxygen atoms in total. The van der Waals surface area contributed by atoms with Crippen LogP contribution in [-0.2, 0) is 16.0 Å². The van der Waals surface area contributed by atoms with Gasteiger partial charge in [0, 0.05) is 38.2 Å². The first-order valence-corrected chi connectivity index (χ1v) is 8.00. The van der Waals surface area contributed by atoms with Crippen LogP contribution in [0.15, 0.2) is 29.2 Å². The number of benzene rings is 1. The second-order valence-corrected chi connectivity index (χ2v) is 5.74. The lowest BCUT2D eigenvalue weighted by molar-refractivity contribution is -0.0432. The topological polar surface area (TPSA) is 21.7 Å². The van der Waals surface area contributed by atoms with Crippen LogP contribution >= 0.6 is 11.8 Å². The van der Waals surface area contributed by atoms with Gasteiger partial charge >= 0.3 is 0 Å². The van der Waals surface area contributed by atoms with Crippen LogP contribution < -0.4 is 0 Å². The number of morpholine rings is 1. The van der Waals surface area contributed by atoms with E-state index in [2.05, 4.69) is 35.4 Å². The van der Waals surface area contributed by atoms with Crippen LogP contribution in [0.1, 0.15) is 12.0 Å². The van der Waals surface area contributed by atoms with Crippen molar-refractivity contribution in [1.82, 2.24) is 4.90 Å². The van der Waals surface area contributed by atoms with E-state index in [-0.39, 0.29) is 0 Å². The smallest absolute Gasteiger partial charge is 0.0724 e. The highest BCUT2D eigenvalue weighted by Gasteiger charge is 2.20. The van der Waals surface area contributed by atoms with E-state index in [1.54, 1.807) is 18.9 Å². The van der Waals surface area contributed by atoms with Crippen molar-refractivity contribution >= 4 is 11.8 Å². The second kappa shape index (κ2) is 7.90. The molecule has 1 atom stereocenters. The molecule has 0 amide bonds. The Morgan fingerprint density at radius 2 is 2.37 bits per heavy atom. The Balaban J connectivity index is 1.87. The van der Waals surface area contributed by atoms with Gasteiger partial charge in [0.15, 0.2) is 0 Å². The standard InChI is InChI=1S/C15H23NO2S/c1-17-8-6-14-12-16(7-9-18-14)11-13-4-3-5-15(10-13)19-2/h3-5,10,14H,6-9,11-12H2,1-2H3/t14-/m0/s1. The van der Waals surface area contributed by atoms with Crippen LogP contribution in [0, 0.1) is 0 Å². The first kappa shape index (κ1) is 14.9. The average molecular weight is 281 g/mol. The quantitative estimate of drug-likeness (QED) is 0.747. The van der Waals surface area contributed by atoms with E-state index in [1.165, 1.54) is 10.5 Å². The van der Waals surface area contributed by atoms with E-state index in [9.17, 15) is 0 Å². The molecular weight excluding hydrogens is 258 g/mol. The molecular formula is C15H23NO2S.